The van der Waals surface area contributed by atoms with Crippen LogP contribution in [0, 0.1) is 0 Å². The van der Waals surface area contributed by atoms with Crippen molar-refractivity contribution in [1.82, 2.24) is 0 Å². The summed E-state index contributed by atoms with van der Waals surface area (Å²) < 4.78 is 15.5. The Balaban J connectivity index is 1.88. The average Bonchev–Trinajstić information content (AvgIpc) is 2.89. The summed E-state index contributed by atoms with van der Waals surface area (Å²) in [4.78, 5) is 10.5. The maximum atomic E-state index is 10.5. The molecule has 0 unspecified atom stereocenters. The first-order valence-electron chi connectivity index (χ1n) is 6.22. The van der Waals surface area contributed by atoms with Crippen LogP contribution in [0.2, 0.25) is 0 Å². The lowest BCUT2D eigenvalue weighted by Gasteiger charge is -2.01. The zero-order valence-electron chi connectivity index (χ0n) is 11.2. The summed E-state index contributed by atoms with van der Waals surface area (Å²) in [5.41, 5.74) is 1.14. The fourth-order valence-electron chi connectivity index (χ4n) is 1.84. The number of aliphatic carboxylic acids is 1. The largest absolute Gasteiger partial charge is 0.497 e. The normalized spacial score (nSPS) is 13.8. The first-order chi connectivity index (χ1) is 9.69. The van der Waals surface area contributed by atoms with Gasteiger partial charge in [-0.05, 0) is 36.6 Å². The Hall–Kier alpha value is -2.43. The highest BCUT2D eigenvalue weighted by Gasteiger charge is 2.12. The molecule has 0 amide bonds. The van der Waals surface area contributed by atoms with E-state index >= 15 is 0 Å². The molecule has 1 aliphatic heterocycles. The van der Waals surface area contributed by atoms with Gasteiger partial charge in [0.15, 0.2) is 11.5 Å². The molecule has 0 radical (unpaired) electrons. The van der Waals surface area contributed by atoms with E-state index in [-0.39, 0.29) is 6.79 Å². The number of hydrogen-bond acceptors (Lipinski definition) is 4. The number of hydrogen-bond donors (Lipinski definition) is 1. The smallest absolute Gasteiger partial charge is 0.332 e. The van der Waals surface area contributed by atoms with Crippen molar-refractivity contribution in [3.63, 3.8) is 0 Å². The number of benzene rings is 1. The standard InChI is InChI=1S/C15H16O5/c1-18-12(9-15(16)17)5-3-2-4-11-6-7-13-14(8-11)20-10-19-13/h3,5-9H,2,4,10H2,1H3,(H,16,17)/b5-3+,12-9-. The number of carboxylic acids is 1. The molecule has 1 heterocycles. The van der Waals surface area contributed by atoms with E-state index < -0.39 is 5.97 Å². The number of methoxy groups -OCH3 is 1. The summed E-state index contributed by atoms with van der Waals surface area (Å²) in [6.07, 6.45) is 6.16. The van der Waals surface area contributed by atoms with Gasteiger partial charge in [0, 0.05) is 0 Å². The predicted molar refractivity (Wildman–Crippen MR) is 72.8 cm³/mol. The average molecular weight is 276 g/mol. The van der Waals surface area contributed by atoms with Gasteiger partial charge in [-0.2, -0.15) is 0 Å². The Morgan fingerprint density at radius 3 is 2.95 bits per heavy atom. The third-order valence-corrected chi connectivity index (χ3v) is 2.82. The lowest BCUT2D eigenvalue weighted by molar-refractivity contribution is -0.131. The molecule has 5 nitrogen and oxygen atoms in total. The van der Waals surface area contributed by atoms with Crippen LogP contribution < -0.4 is 9.47 Å². The van der Waals surface area contributed by atoms with Crippen LogP contribution in [-0.2, 0) is 16.0 Å². The van der Waals surface area contributed by atoms with Gasteiger partial charge in [-0.3, -0.25) is 0 Å². The van der Waals surface area contributed by atoms with Crippen LogP contribution in [0.15, 0.2) is 42.2 Å². The van der Waals surface area contributed by atoms with Gasteiger partial charge in [-0.1, -0.05) is 12.1 Å². The maximum absolute atomic E-state index is 10.5. The Kier molecular flexibility index (Phi) is 4.65. The van der Waals surface area contributed by atoms with Crippen molar-refractivity contribution in [1.29, 1.82) is 0 Å². The van der Waals surface area contributed by atoms with Gasteiger partial charge in [0.25, 0.3) is 0 Å². The minimum absolute atomic E-state index is 0.274. The second-order valence-corrected chi connectivity index (χ2v) is 4.22. The van der Waals surface area contributed by atoms with Crippen LogP contribution in [0.1, 0.15) is 12.0 Å². The number of allylic oxidation sites excluding steroid dienone is 2. The Bertz CT molecular complexity index is 545. The third kappa shape index (κ3) is 3.78. The highest BCUT2D eigenvalue weighted by molar-refractivity contribution is 5.80. The van der Waals surface area contributed by atoms with Gasteiger partial charge >= 0.3 is 5.97 Å². The molecule has 5 heteroatoms. The van der Waals surface area contributed by atoms with E-state index in [1.54, 1.807) is 6.08 Å². The molecule has 0 saturated heterocycles. The van der Waals surface area contributed by atoms with Gasteiger partial charge in [-0.15, -0.1) is 0 Å². The van der Waals surface area contributed by atoms with Crippen LogP contribution >= 0.6 is 0 Å². The molecule has 1 aliphatic rings. The Morgan fingerprint density at radius 2 is 2.20 bits per heavy atom. The minimum atomic E-state index is -1.03. The van der Waals surface area contributed by atoms with Crippen LogP contribution in [-0.4, -0.2) is 25.0 Å². The van der Waals surface area contributed by atoms with Crippen molar-refractivity contribution in [3.05, 3.63) is 47.7 Å². The lowest BCUT2D eigenvalue weighted by atomic mass is 10.1. The monoisotopic (exact) mass is 276 g/mol. The fraction of sp³-hybridized carbons (Fsp3) is 0.267. The number of carbonyl (C=O) groups is 1. The van der Waals surface area contributed by atoms with Gasteiger partial charge < -0.3 is 19.3 Å². The molecular formula is C15H16O5. The molecule has 0 aliphatic carbocycles. The van der Waals surface area contributed by atoms with Crippen LogP contribution in [0.5, 0.6) is 11.5 Å². The molecule has 0 spiro atoms. The SMILES string of the molecule is COC(=C\C(=O)O)/C=C/CCc1ccc2c(c1)OCO2. The van der Waals surface area contributed by atoms with E-state index in [9.17, 15) is 4.79 Å². The number of rotatable bonds is 6. The number of fused-ring (bicyclic) bond motifs is 1. The molecule has 1 aromatic carbocycles. The number of ether oxygens (including phenoxy) is 3. The second kappa shape index (κ2) is 6.65. The molecule has 0 bridgehead atoms. The summed E-state index contributed by atoms with van der Waals surface area (Å²) in [7, 11) is 1.44. The maximum Gasteiger partial charge on any atom is 0.332 e. The molecule has 0 aromatic heterocycles. The van der Waals surface area contributed by atoms with E-state index in [1.165, 1.54) is 7.11 Å². The molecular weight excluding hydrogens is 260 g/mol. The quantitative estimate of drug-likeness (QED) is 0.491. The van der Waals surface area contributed by atoms with Gasteiger partial charge in [0.1, 0.15) is 5.76 Å². The van der Waals surface area contributed by atoms with Crippen molar-refractivity contribution in [2.45, 2.75) is 12.8 Å². The van der Waals surface area contributed by atoms with Crippen molar-refractivity contribution in [2.24, 2.45) is 0 Å². The van der Waals surface area contributed by atoms with E-state index in [0.29, 0.717) is 5.76 Å². The Labute approximate surface area is 117 Å². The van der Waals surface area contributed by atoms with E-state index in [0.717, 1.165) is 36.0 Å². The number of aryl methyl sites for hydroxylation is 1. The molecule has 0 fully saturated rings. The molecule has 1 N–H and O–H groups in total. The zero-order chi connectivity index (χ0) is 14.4. The highest BCUT2D eigenvalue weighted by Crippen LogP contribution is 2.32. The molecule has 1 aromatic rings. The second-order valence-electron chi connectivity index (χ2n) is 4.22. The minimum Gasteiger partial charge on any atom is -0.497 e. The lowest BCUT2D eigenvalue weighted by Crippen LogP contribution is -1.93. The van der Waals surface area contributed by atoms with Crippen LogP contribution in [0.3, 0.4) is 0 Å². The van der Waals surface area contributed by atoms with Gasteiger partial charge in [0.2, 0.25) is 6.79 Å². The third-order valence-electron chi connectivity index (χ3n) is 2.82. The van der Waals surface area contributed by atoms with E-state index in [4.69, 9.17) is 19.3 Å². The summed E-state index contributed by atoms with van der Waals surface area (Å²) in [6, 6.07) is 5.85. The predicted octanol–water partition coefficient (Wildman–Crippen LogP) is 2.52. The van der Waals surface area contributed by atoms with Gasteiger partial charge in [0.05, 0.1) is 13.2 Å². The van der Waals surface area contributed by atoms with E-state index in [2.05, 4.69) is 0 Å². The molecule has 20 heavy (non-hydrogen) atoms. The molecule has 2 rings (SSSR count). The van der Waals surface area contributed by atoms with Crippen LogP contribution in [0.4, 0.5) is 0 Å². The highest BCUT2D eigenvalue weighted by atomic mass is 16.7. The molecule has 0 saturated carbocycles. The van der Waals surface area contributed by atoms with Gasteiger partial charge in [-0.25, -0.2) is 4.79 Å². The summed E-state index contributed by atoms with van der Waals surface area (Å²) >= 11 is 0. The first-order valence-corrected chi connectivity index (χ1v) is 6.22. The first kappa shape index (κ1) is 14.0. The summed E-state index contributed by atoms with van der Waals surface area (Å²) in [6.45, 7) is 0.274. The van der Waals surface area contributed by atoms with Crippen molar-refractivity contribution in [2.75, 3.05) is 13.9 Å². The van der Waals surface area contributed by atoms with Crippen molar-refractivity contribution in [3.8, 4) is 11.5 Å². The Morgan fingerprint density at radius 1 is 1.40 bits per heavy atom. The fourth-order valence-corrected chi connectivity index (χ4v) is 1.84. The van der Waals surface area contributed by atoms with Crippen LogP contribution in [0.25, 0.3) is 0 Å². The molecule has 106 valence electrons. The zero-order valence-corrected chi connectivity index (χ0v) is 11.2. The summed E-state index contributed by atoms with van der Waals surface area (Å²) in [5.74, 6) is 0.843. The molecule has 0 atom stereocenters. The topological polar surface area (TPSA) is 65.0 Å². The number of carboxylic acid groups (broad SMARTS) is 1. The van der Waals surface area contributed by atoms with E-state index in [1.807, 2.05) is 24.3 Å². The van der Waals surface area contributed by atoms with Crippen molar-refractivity contribution < 1.29 is 24.1 Å². The summed E-state index contributed by atoms with van der Waals surface area (Å²) in [5, 5.41) is 8.62. The van der Waals surface area contributed by atoms with Crippen molar-refractivity contribution >= 4 is 5.97 Å².